The first-order valence-corrected chi connectivity index (χ1v) is 4.50. The normalized spacial score (nSPS) is 14.6. The molecular weight excluding hydrogens is 160 g/mol. The predicted octanol–water partition coefficient (Wildman–Crippen LogP) is 3.45. The molecule has 0 saturated heterocycles. The standard InChI is InChI=1S/C11H20N2/c1-8(2)12-10(4)13-9(3)11(5,6)7/h1H2,2-7H3/b12-10-,13-9+. The van der Waals surface area contributed by atoms with E-state index in [-0.39, 0.29) is 5.41 Å². The summed E-state index contributed by atoms with van der Waals surface area (Å²) < 4.78 is 0. The number of rotatable bonds is 1. The van der Waals surface area contributed by atoms with E-state index in [1.807, 2.05) is 20.8 Å². The smallest absolute Gasteiger partial charge is 0.125 e. The highest BCUT2D eigenvalue weighted by Crippen LogP contribution is 2.15. The van der Waals surface area contributed by atoms with Crippen LogP contribution in [0.15, 0.2) is 22.3 Å². The number of hydrogen-bond acceptors (Lipinski definition) is 1. The molecule has 0 spiro atoms. The van der Waals surface area contributed by atoms with Crippen LogP contribution in [0.2, 0.25) is 0 Å². The van der Waals surface area contributed by atoms with Gasteiger partial charge in [0.15, 0.2) is 0 Å². The molecule has 2 heteroatoms. The van der Waals surface area contributed by atoms with Gasteiger partial charge in [0.1, 0.15) is 5.84 Å². The van der Waals surface area contributed by atoms with Crippen molar-refractivity contribution in [1.29, 1.82) is 0 Å². The highest BCUT2D eigenvalue weighted by Gasteiger charge is 2.13. The monoisotopic (exact) mass is 180 g/mol. The molecule has 0 heterocycles. The van der Waals surface area contributed by atoms with Crippen molar-refractivity contribution in [3.8, 4) is 0 Å². The topological polar surface area (TPSA) is 24.7 Å². The minimum atomic E-state index is 0.117. The maximum atomic E-state index is 4.39. The molecule has 0 saturated carbocycles. The fraction of sp³-hybridized carbons (Fsp3) is 0.636. The summed E-state index contributed by atoms with van der Waals surface area (Å²) in [4.78, 5) is 8.56. The lowest BCUT2D eigenvalue weighted by atomic mass is 9.91. The Morgan fingerprint density at radius 1 is 1.00 bits per heavy atom. The van der Waals surface area contributed by atoms with Gasteiger partial charge in [0, 0.05) is 16.8 Å². The third-order valence-electron chi connectivity index (χ3n) is 1.77. The van der Waals surface area contributed by atoms with Crippen LogP contribution in [0.1, 0.15) is 41.5 Å². The van der Waals surface area contributed by atoms with Gasteiger partial charge < -0.3 is 0 Å². The maximum Gasteiger partial charge on any atom is 0.125 e. The van der Waals surface area contributed by atoms with E-state index in [9.17, 15) is 0 Å². The average molecular weight is 180 g/mol. The molecule has 0 rings (SSSR count). The summed E-state index contributed by atoms with van der Waals surface area (Å²) in [5, 5.41) is 0. The van der Waals surface area contributed by atoms with Gasteiger partial charge in [0.25, 0.3) is 0 Å². The van der Waals surface area contributed by atoms with Gasteiger partial charge in [-0.05, 0) is 20.8 Å². The fourth-order valence-corrected chi connectivity index (χ4v) is 0.712. The van der Waals surface area contributed by atoms with Gasteiger partial charge in [0.05, 0.1) is 0 Å². The van der Waals surface area contributed by atoms with Crippen molar-refractivity contribution in [1.82, 2.24) is 0 Å². The Kier molecular flexibility index (Phi) is 4.05. The highest BCUT2D eigenvalue weighted by molar-refractivity contribution is 5.98. The van der Waals surface area contributed by atoms with Crippen LogP contribution in [-0.4, -0.2) is 11.5 Å². The van der Waals surface area contributed by atoms with Crippen LogP contribution >= 0.6 is 0 Å². The SMILES string of the molecule is C=C(C)/N=C(C)\N=C(/C)C(C)(C)C. The van der Waals surface area contributed by atoms with E-state index in [4.69, 9.17) is 0 Å². The third kappa shape index (κ3) is 5.34. The van der Waals surface area contributed by atoms with Crippen molar-refractivity contribution >= 4 is 11.5 Å². The highest BCUT2D eigenvalue weighted by atomic mass is 14.9. The zero-order valence-electron chi connectivity index (χ0n) is 9.60. The Bertz CT molecular complexity index is 252. The third-order valence-corrected chi connectivity index (χ3v) is 1.77. The average Bonchev–Trinajstić information content (AvgIpc) is 1.82. The first kappa shape index (κ1) is 12.1. The number of hydrogen-bond donors (Lipinski definition) is 0. The second-order valence-corrected chi connectivity index (χ2v) is 4.34. The molecule has 74 valence electrons. The lowest BCUT2D eigenvalue weighted by Crippen LogP contribution is -2.17. The molecular formula is C11H20N2. The van der Waals surface area contributed by atoms with Gasteiger partial charge in [-0.25, -0.2) is 9.98 Å². The van der Waals surface area contributed by atoms with Crippen molar-refractivity contribution in [3.05, 3.63) is 12.3 Å². The lowest BCUT2D eigenvalue weighted by Gasteiger charge is -2.17. The molecule has 2 nitrogen and oxygen atoms in total. The summed E-state index contributed by atoms with van der Waals surface area (Å²) in [5.74, 6) is 0.778. The van der Waals surface area contributed by atoms with E-state index in [0.29, 0.717) is 0 Å². The van der Waals surface area contributed by atoms with Crippen LogP contribution < -0.4 is 0 Å². The molecule has 0 aromatic rings. The second-order valence-electron chi connectivity index (χ2n) is 4.34. The molecule has 13 heavy (non-hydrogen) atoms. The predicted molar refractivity (Wildman–Crippen MR) is 60.5 cm³/mol. The summed E-state index contributed by atoms with van der Waals surface area (Å²) in [7, 11) is 0. The molecule has 0 aromatic carbocycles. The van der Waals surface area contributed by atoms with Gasteiger partial charge in [-0.3, -0.25) is 0 Å². The molecule has 0 aliphatic rings. The summed E-state index contributed by atoms with van der Waals surface area (Å²) in [5.41, 5.74) is 2.00. The van der Waals surface area contributed by atoms with Crippen LogP contribution in [0.25, 0.3) is 0 Å². The van der Waals surface area contributed by atoms with Crippen molar-refractivity contribution in [2.24, 2.45) is 15.4 Å². The van der Waals surface area contributed by atoms with E-state index in [2.05, 4.69) is 37.3 Å². The summed E-state index contributed by atoms with van der Waals surface area (Å²) >= 11 is 0. The number of nitrogens with zero attached hydrogens (tertiary/aromatic N) is 2. The number of amidine groups is 1. The second kappa shape index (κ2) is 4.35. The van der Waals surface area contributed by atoms with E-state index >= 15 is 0 Å². The summed E-state index contributed by atoms with van der Waals surface area (Å²) in [6.45, 7) is 15.9. The Balaban J connectivity index is 4.67. The summed E-state index contributed by atoms with van der Waals surface area (Å²) in [6.07, 6.45) is 0. The molecule has 0 amide bonds. The number of allylic oxidation sites excluding steroid dienone is 1. The fourth-order valence-electron chi connectivity index (χ4n) is 0.712. The zero-order valence-corrected chi connectivity index (χ0v) is 9.60. The zero-order chi connectivity index (χ0) is 10.6. The van der Waals surface area contributed by atoms with Crippen LogP contribution in [0.3, 0.4) is 0 Å². The van der Waals surface area contributed by atoms with Crippen molar-refractivity contribution in [3.63, 3.8) is 0 Å². The van der Waals surface area contributed by atoms with Crippen molar-refractivity contribution < 1.29 is 0 Å². The first-order valence-electron chi connectivity index (χ1n) is 4.50. The van der Waals surface area contributed by atoms with Gasteiger partial charge in [-0.2, -0.15) is 0 Å². The molecule has 0 aliphatic heterocycles. The van der Waals surface area contributed by atoms with E-state index < -0.39 is 0 Å². The minimum absolute atomic E-state index is 0.117. The van der Waals surface area contributed by atoms with Crippen molar-refractivity contribution in [2.45, 2.75) is 41.5 Å². The molecule has 0 N–H and O–H groups in total. The van der Waals surface area contributed by atoms with Gasteiger partial charge in [-0.1, -0.05) is 27.4 Å². The van der Waals surface area contributed by atoms with Crippen LogP contribution in [0.4, 0.5) is 0 Å². The lowest BCUT2D eigenvalue weighted by molar-refractivity contribution is 0.589. The van der Waals surface area contributed by atoms with E-state index in [1.54, 1.807) is 0 Å². The maximum absolute atomic E-state index is 4.39. The minimum Gasteiger partial charge on any atom is -0.242 e. The number of aliphatic imine (C=N–C) groups is 2. The molecule has 0 aliphatic carbocycles. The molecule has 0 atom stereocenters. The van der Waals surface area contributed by atoms with Gasteiger partial charge in [0.2, 0.25) is 0 Å². The Morgan fingerprint density at radius 3 is 1.77 bits per heavy atom. The van der Waals surface area contributed by atoms with Gasteiger partial charge in [-0.15, -0.1) is 0 Å². The Morgan fingerprint density at radius 2 is 1.46 bits per heavy atom. The van der Waals surface area contributed by atoms with Crippen molar-refractivity contribution in [2.75, 3.05) is 0 Å². The quantitative estimate of drug-likeness (QED) is 0.436. The summed E-state index contributed by atoms with van der Waals surface area (Å²) in [6, 6.07) is 0. The molecule has 0 aromatic heterocycles. The van der Waals surface area contributed by atoms with Gasteiger partial charge >= 0.3 is 0 Å². The Labute approximate surface area is 81.5 Å². The van der Waals surface area contributed by atoms with Crippen LogP contribution in [-0.2, 0) is 0 Å². The first-order chi connectivity index (χ1) is 5.73. The van der Waals surface area contributed by atoms with Crippen LogP contribution in [0, 0.1) is 5.41 Å². The van der Waals surface area contributed by atoms with E-state index in [1.165, 1.54) is 0 Å². The molecule has 0 unspecified atom stereocenters. The molecule has 0 fully saturated rings. The largest absolute Gasteiger partial charge is 0.242 e. The molecule has 0 radical (unpaired) electrons. The van der Waals surface area contributed by atoms with Crippen LogP contribution in [0.5, 0.6) is 0 Å². The molecule has 0 bridgehead atoms. The Hall–Kier alpha value is -0.920. The van der Waals surface area contributed by atoms with E-state index in [0.717, 1.165) is 17.2 Å².